The van der Waals surface area contributed by atoms with Crippen LogP contribution >= 0.6 is 0 Å². The Hall–Kier alpha value is -1.30. The number of rotatable bonds is 3. The molecule has 1 saturated carbocycles. The van der Waals surface area contributed by atoms with Crippen LogP contribution in [-0.4, -0.2) is 41.0 Å². The SMILES string of the molecule is CC(C)(C)OC(=O)NC1(CC(=O)O)CC2OCCCC21. The Morgan fingerprint density at radius 3 is 2.70 bits per heavy atom. The lowest BCUT2D eigenvalue weighted by molar-refractivity contribution is -0.161. The number of hydrogen-bond donors (Lipinski definition) is 2. The van der Waals surface area contributed by atoms with Crippen molar-refractivity contribution in [2.24, 2.45) is 5.92 Å². The zero-order valence-corrected chi connectivity index (χ0v) is 12.3. The van der Waals surface area contributed by atoms with Gasteiger partial charge in [0.1, 0.15) is 5.60 Å². The Balaban J connectivity index is 2.05. The van der Waals surface area contributed by atoms with E-state index in [-0.39, 0.29) is 18.4 Å². The molecule has 3 atom stereocenters. The normalized spacial score (nSPS) is 32.8. The Morgan fingerprint density at radius 2 is 2.15 bits per heavy atom. The number of carboxylic acid groups (broad SMARTS) is 1. The monoisotopic (exact) mass is 285 g/mol. The first-order valence-corrected chi connectivity index (χ1v) is 7.06. The minimum Gasteiger partial charge on any atom is -0.481 e. The fourth-order valence-electron chi connectivity index (χ4n) is 3.19. The van der Waals surface area contributed by atoms with E-state index < -0.39 is 23.2 Å². The molecule has 3 unspecified atom stereocenters. The number of aliphatic carboxylic acids is 1. The second kappa shape index (κ2) is 5.24. The van der Waals surface area contributed by atoms with Crippen molar-refractivity contribution in [3.63, 3.8) is 0 Å². The highest BCUT2D eigenvalue weighted by atomic mass is 16.6. The zero-order valence-electron chi connectivity index (χ0n) is 12.3. The molecule has 1 amide bonds. The van der Waals surface area contributed by atoms with E-state index in [0.29, 0.717) is 6.42 Å². The number of carbonyl (C=O) groups is 2. The van der Waals surface area contributed by atoms with Crippen molar-refractivity contribution >= 4 is 12.1 Å². The molecule has 1 saturated heterocycles. The predicted octanol–water partition coefficient (Wildman–Crippen LogP) is 1.92. The maximum Gasteiger partial charge on any atom is 0.408 e. The molecule has 2 fully saturated rings. The number of carboxylic acids is 1. The first-order chi connectivity index (χ1) is 9.22. The van der Waals surface area contributed by atoms with Gasteiger partial charge < -0.3 is 19.9 Å². The maximum atomic E-state index is 12.0. The van der Waals surface area contributed by atoms with Crippen molar-refractivity contribution in [2.45, 2.75) is 63.7 Å². The largest absolute Gasteiger partial charge is 0.481 e. The van der Waals surface area contributed by atoms with E-state index >= 15 is 0 Å². The van der Waals surface area contributed by atoms with E-state index in [1.165, 1.54) is 0 Å². The lowest BCUT2D eigenvalue weighted by Crippen LogP contribution is -2.69. The Bertz CT molecular complexity index is 403. The highest BCUT2D eigenvalue weighted by Gasteiger charge is 2.57. The lowest BCUT2D eigenvalue weighted by Gasteiger charge is -2.56. The van der Waals surface area contributed by atoms with Gasteiger partial charge in [0.15, 0.2) is 0 Å². The van der Waals surface area contributed by atoms with Gasteiger partial charge in [0.2, 0.25) is 0 Å². The number of nitrogens with one attached hydrogen (secondary N) is 1. The van der Waals surface area contributed by atoms with Crippen LogP contribution < -0.4 is 5.32 Å². The Morgan fingerprint density at radius 1 is 1.45 bits per heavy atom. The van der Waals surface area contributed by atoms with Crippen molar-refractivity contribution < 1.29 is 24.2 Å². The summed E-state index contributed by atoms with van der Waals surface area (Å²) < 4.78 is 10.9. The zero-order chi connectivity index (χ0) is 15.0. The summed E-state index contributed by atoms with van der Waals surface area (Å²) >= 11 is 0. The molecule has 0 aromatic carbocycles. The van der Waals surface area contributed by atoms with Crippen molar-refractivity contribution in [3.8, 4) is 0 Å². The molecule has 1 aliphatic carbocycles. The van der Waals surface area contributed by atoms with Gasteiger partial charge in [-0.15, -0.1) is 0 Å². The molecule has 114 valence electrons. The average Bonchev–Trinajstić information content (AvgIpc) is 2.24. The molecule has 1 heterocycles. The first kappa shape index (κ1) is 15.1. The summed E-state index contributed by atoms with van der Waals surface area (Å²) in [7, 11) is 0. The molecule has 0 spiro atoms. The number of carbonyl (C=O) groups excluding carboxylic acids is 1. The second-order valence-corrected chi connectivity index (χ2v) is 6.72. The van der Waals surface area contributed by atoms with Crippen LogP contribution in [0.2, 0.25) is 0 Å². The summed E-state index contributed by atoms with van der Waals surface area (Å²) in [6.07, 6.45) is 1.76. The van der Waals surface area contributed by atoms with Gasteiger partial charge in [-0.05, 0) is 40.0 Å². The number of alkyl carbamates (subject to hydrolysis) is 1. The van der Waals surface area contributed by atoms with E-state index in [1.54, 1.807) is 20.8 Å². The van der Waals surface area contributed by atoms with Crippen molar-refractivity contribution in [1.82, 2.24) is 5.32 Å². The first-order valence-electron chi connectivity index (χ1n) is 7.06. The van der Waals surface area contributed by atoms with Crippen LogP contribution in [0.3, 0.4) is 0 Å². The standard InChI is InChI=1S/C14H23NO5/c1-13(2,3)20-12(18)15-14(8-11(16)17)7-10-9(14)5-4-6-19-10/h9-10H,4-8H2,1-3H3,(H,15,18)(H,16,17). The summed E-state index contributed by atoms with van der Waals surface area (Å²) in [5.41, 5.74) is -1.32. The van der Waals surface area contributed by atoms with Gasteiger partial charge >= 0.3 is 12.1 Å². The van der Waals surface area contributed by atoms with Gasteiger partial charge in [0.25, 0.3) is 0 Å². The summed E-state index contributed by atoms with van der Waals surface area (Å²) in [5, 5.41) is 11.9. The van der Waals surface area contributed by atoms with Crippen LogP contribution in [0, 0.1) is 5.92 Å². The van der Waals surface area contributed by atoms with Gasteiger partial charge in [0, 0.05) is 12.5 Å². The molecule has 0 aromatic heterocycles. The summed E-state index contributed by atoms with van der Waals surface area (Å²) in [6.45, 7) is 6.06. The van der Waals surface area contributed by atoms with Crippen molar-refractivity contribution in [2.75, 3.05) is 6.61 Å². The molecule has 0 bridgehead atoms. The number of amides is 1. The minimum atomic E-state index is -0.912. The Labute approximate surface area is 118 Å². The third kappa shape index (κ3) is 3.23. The predicted molar refractivity (Wildman–Crippen MR) is 71.4 cm³/mol. The Kier molecular flexibility index (Phi) is 3.95. The molecular formula is C14H23NO5. The third-order valence-electron chi connectivity index (χ3n) is 3.93. The van der Waals surface area contributed by atoms with Crippen LogP contribution in [0.4, 0.5) is 4.79 Å². The van der Waals surface area contributed by atoms with E-state index in [1.807, 2.05) is 0 Å². The number of ether oxygens (including phenoxy) is 2. The molecule has 2 rings (SSSR count). The van der Waals surface area contributed by atoms with Gasteiger partial charge in [-0.1, -0.05) is 0 Å². The van der Waals surface area contributed by atoms with Gasteiger partial charge in [0.05, 0.1) is 18.1 Å². The third-order valence-corrected chi connectivity index (χ3v) is 3.93. The number of hydrogen-bond acceptors (Lipinski definition) is 4. The van der Waals surface area contributed by atoms with Crippen LogP contribution in [0.5, 0.6) is 0 Å². The van der Waals surface area contributed by atoms with Gasteiger partial charge in [-0.2, -0.15) is 0 Å². The lowest BCUT2D eigenvalue weighted by atomic mass is 9.60. The smallest absolute Gasteiger partial charge is 0.408 e. The molecule has 6 nitrogen and oxygen atoms in total. The molecule has 2 N–H and O–H groups in total. The number of fused-ring (bicyclic) bond motifs is 1. The highest BCUT2D eigenvalue weighted by molar-refractivity contribution is 5.73. The topological polar surface area (TPSA) is 84.9 Å². The molecule has 1 aliphatic heterocycles. The molecular weight excluding hydrogens is 262 g/mol. The van der Waals surface area contributed by atoms with Crippen LogP contribution in [0.15, 0.2) is 0 Å². The second-order valence-electron chi connectivity index (χ2n) is 6.72. The molecule has 0 aromatic rings. The van der Waals surface area contributed by atoms with E-state index in [9.17, 15) is 9.59 Å². The van der Waals surface area contributed by atoms with E-state index in [2.05, 4.69) is 5.32 Å². The molecule has 20 heavy (non-hydrogen) atoms. The fraction of sp³-hybridized carbons (Fsp3) is 0.857. The highest BCUT2D eigenvalue weighted by Crippen LogP contribution is 2.48. The molecule has 2 aliphatic rings. The van der Waals surface area contributed by atoms with E-state index in [0.717, 1.165) is 19.4 Å². The summed E-state index contributed by atoms with van der Waals surface area (Å²) in [6, 6.07) is 0. The summed E-state index contributed by atoms with van der Waals surface area (Å²) in [4.78, 5) is 23.1. The summed E-state index contributed by atoms with van der Waals surface area (Å²) in [5.74, 6) is -0.843. The minimum absolute atomic E-state index is 0.0676. The maximum absolute atomic E-state index is 12.0. The molecule has 0 radical (unpaired) electrons. The van der Waals surface area contributed by atoms with Gasteiger partial charge in [-0.25, -0.2) is 4.79 Å². The molecule has 6 heteroatoms. The quantitative estimate of drug-likeness (QED) is 0.827. The van der Waals surface area contributed by atoms with Crippen LogP contribution in [0.25, 0.3) is 0 Å². The fourth-order valence-corrected chi connectivity index (χ4v) is 3.19. The van der Waals surface area contributed by atoms with Crippen LogP contribution in [-0.2, 0) is 14.3 Å². The van der Waals surface area contributed by atoms with Crippen molar-refractivity contribution in [1.29, 1.82) is 0 Å². The van der Waals surface area contributed by atoms with Crippen molar-refractivity contribution in [3.05, 3.63) is 0 Å². The van der Waals surface area contributed by atoms with Crippen LogP contribution in [0.1, 0.15) is 46.5 Å². The van der Waals surface area contributed by atoms with E-state index in [4.69, 9.17) is 14.6 Å². The average molecular weight is 285 g/mol. The van der Waals surface area contributed by atoms with Gasteiger partial charge in [-0.3, -0.25) is 4.79 Å².